The van der Waals surface area contributed by atoms with E-state index < -0.39 is 4.92 Å². The first kappa shape index (κ1) is 14.7. The molecule has 0 aliphatic heterocycles. The molecule has 3 aromatic carbocycles. The predicted molar refractivity (Wildman–Crippen MR) is 90.7 cm³/mol. The Kier molecular flexibility index (Phi) is 3.76. The Hall–Kier alpha value is -3.21. The summed E-state index contributed by atoms with van der Waals surface area (Å²) in [6.07, 6.45) is 1.53. The summed E-state index contributed by atoms with van der Waals surface area (Å²) in [7, 11) is 0. The number of phenolic OH excluding ortho intramolecular Hbond substituents is 1. The molecule has 3 rings (SSSR count). The van der Waals surface area contributed by atoms with Crippen LogP contribution < -0.4 is 0 Å². The van der Waals surface area contributed by atoms with Crippen LogP contribution >= 0.6 is 0 Å². The maximum Gasteiger partial charge on any atom is 0.274 e. The number of hydrogen-bond donors (Lipinski definition) is 1. The third kappa shape index (κ3) is 2.89. The molecule has 0 saturated heterocycles. The molecule has 5 nitrogen and oxygen atoms in total. The van der Waals surface area contributed by atoms with Gasteiger partial charge >= 0.3 is 0 Å². The van der Waals surface area contributed by atoms with Crippen molar-refractivity contribution in [3.05, 3.63) is 75.8 Å². The van der Waals surface area contributed by atoms with Gasteiger partial charge in [-0.05, 0) is 29.8 Å². The number of aliphatic imine (C=N–C) groups is 1. The van der Waals surface area contributed by atoms with E-state index in [0.29, 0.717) is 16.8 Å². The maximum atomic E-state index is 11.0. The lowest BCUT2D eigenvalue weighted by atomic mass is 10.0. The maximum absolute atomic E-state index is 11.0. The van der Waals surface area contributed by atoms with Crippen molar-refractivity contribution in [2.24, 2.45) is 4.99 Å². The lowest BCUT2D eigenvalue weighted by Crippen LogP contribution is -1.91. The van der Waals surface area contributed by atoms with Gasteiger partial charge in [-0.2, -0.15) is 0 Å². The van der Waals surface area contributed by atoms with Crippen molar-refractivity contribution in [3.8, 4) is 5.75 Å². The van der Waals surface area contributed by atoms with Crippen molar-refractivity contribution in [3.63, 3.8) is 0 Å². The highest BCUT2D eigenvalue weighted by atomic mass is 16.6. The molecule has 0 aliphatic rings. The molecule has 0 unspecified atom stereocenters. The van der Waals surface area contributed by atoms with E-state index in [2.05, 4.69) is 4.99 Å². The lowest BCUT2D eigenvalue weighted by molar-refractivity contribution is -0.385. The highest BCUT2D eigenvalue weighted by Gasteiger charge is 2.10. The van der Waals surface area contributed by atoms with Gasteiger partial charge in [-0.25, -0.2) is 0 Å². The van der Waals surface area contributed by atoms with Gasteiger partial charge in [0.15, 0.2) is 0 Å². The van der Waals surface area contributed by atoms with Crippen LogP contribution in [0.1, 0.15) is 11.1 Å². The van der Waals surface area contributed by atoms with E-state index in [1.807, 2.05) is 30.3 Å². The number of phenols is 1. The summed E-state index contributed by atoms with van der Waals surface area (Å²) < 4.78 is 0. The topological polar surface area (TPSA) is 75.7 Å². The fraction of sp³-hybridized carbons (Fsp3) is 0.0556. The van der Waals surface area contributed by atoms with Crippen LogP contribution in [0.2, 0.25) is 0 Å². The van der Waals surface area contributed by atoms with Gasteiger partial charge in [-0.3, -0.25) is 15.1 Å². The molecule has 0 amide bonds. The molecule has 5 heteroatoms. The highest BCUT2D eigenvalue weighted by molar-refractivity contribution is 6.03. The molecule has 0 fully saturated rings. The minimum Gasteiger partial charge on any atom is -0.507 e. The second kappa shape index (κ2) is 5.88. The lowest BCUT2D eigenvalue weighted by Gasteiger charge is -2.04. The summed E-state index contributed by atoms with van der Waals surface area (Å²) in [4.78, 5) is 14.8. The summed E-state index contributed by atoms with van der Waals surface area (Å²) in [5.41, 5.74) is 1.67. The average molecular weight is 306 g/mol. The van der Waals surface area contributed by atoms with E-state index in [9.17, 15) is 15.2 Å². The molecule has 0 atom stereocenters. The molecule has 1 N–H and O–H groups in total. The first-order valence-electron chi connectivity index (χ1n) is 7.06. The standard InChI is InChI=1S/C18H14N2O3/c1-12-6-8-14(10-17(12)20(22)23)19-11-16-15-5-3-2-4-13(15)7-9-18(16)21/h2-11,21H,1H3. The molecule has 0 spiro atoms. The van der Waals surface area contributed by atoms with Gasteiger partial charge in [0.25, 0.3) is 5.69 Å². The smallest absolute Gasteiger partial charge is 0.274 e. The van der Waals surface area contributed by atoms with Crippen molar-refractivity contribution in [1.29, 1.82) is 0 Å². The number of nitro benzene ring substituents is 1. The molecule has 0 bridgehead atoms. The predicted octanol–water partition coefficient (Wildman–Crippen LogP) is 4.51. The Morgan fingerprint density at radius 2 is 1.91 bits per heavy atom. The van der Waals surface area contributed by atoms with Crippen molar-refractivity contribution < 1.29 is 10.0 Å². The van der Waals surface area contributed by atoms with Gasteiger partial charge in [-0.1, -0.05) is 36.4 Å². The quantitative estimate of drug-likeness (QED) is 0.439. The summed E-state index contributed by atoms with van der Waals surface area (Å²) in [6.45, 7) is 1.68. The minimum absolute atomic E-state index is 0.0294. The molecular weight excluding hydrogens is 292 g/mol. The van der Waals surface area contributed by atoms with Gasteiger partial charge in [0.05, 0.1) is 10.6 Å². The zero-order chi connectivity index (χ0) is 16.4. The first-order chi connectivity index (χ1) is 11.1. The van der Waals surface area contributed by atoms with Gasteiger partial charge in [0.2, 0.25) is 0 Å². The van der Waals surface area contributed by atoms with Gasteiger partial charge in [0, 0.05) is 23.4 Å². The normalized spacial score (nSPS) is 11.2. The molecule has 0 heterocycles. The number of aryl methyl sites for hydroxylation is 1. The fourth-order valence-corrected chi connectivity index (χ4v) is 2.43. The van der Waals surface area contributed by atoms with Crippen molar-refractivity contribution >= 4 is 28.4 Å². The van der Waals surface area contributed by atoms with Crippen LogP contribution in [0.3, 0.4) is 0 Å². The molecule has 23 heavy (non-hydrogen) atoms. The number of hydrogen-bond acceptors (Lipinski definition) is 4. The number of fused-ring (bicyclic) bond motifs is 1. The summed E-state index contributed by atoms with van der Waals surface area (Å²) >= 11 is 0. The van der Waals surface area contributed by atoms with Gasteiger partial charge in [0.1, 0.15) is 5.75 Å². The highest BCUT2D eigenvalue weighted by Crippen LogP contribution is 2.28. The monoisotopic (exact) mass is 306 g/mol. The first-order valence-corrected chi connectivity index (χ1v) is 7.06. The van der Waals surface area contributed by atoms with E-state index >= 15 is 0 Å². The Bertz CT molecular complexity index is 933. The summed E-state index contributed by atoms with van der Waals surface area (Å²) in [5, 5.41) is 22.9. The molecule has 3 aromatic rings. The number of benzene rings is 3. The molecule has 0 aromatic heterocycles. The summed E-state index contributed by atoms with van der Waals surface area (Å²) in [6, 6.07) is 15.9. The molecule has 0 aliphatic carbocycles. The molecular formula is C18H14N2O3. The van der Waals surface area contributed by atoms with Crippen LogP contribution in [-0.4, -0.2) is 16.2 Å². The minimum atomic E-state index is -0.427. The Balaban J connectivity index is 2.06. The third-order valence-corrected chi connectivity index (χ3v) is 3.68. The zero-order valence-corrected chi connectivity index (χ0v) is 12.4. The molecule has 0 radical (unpaired) electrons. The Morgan fingerprint density at radius 3 is 2.70 bits per heavy atom. The van der Waals surface area contributed by atoms with Crippen LogP contribution in [-0.2, 0) is 0 Å². The van der Waals surface area contributed by atoms with Crippen molar-refractivity contribution in [2.75, 3.05) is 0 Å². The number of aromatic hydroxyl groups is 1. The molecule has 114 valence electrons. The Labute approximate surface area is 132 Å². The third-order valence-electron chi connectivity index (χ3n) is 3.68. The zero-order valence-electron chi connectivity index (χ0n) is 12.4. The van der Waals surface area contributed by atoms with Crippen LogP contribution in [0, 0.1) is 17.0 Å². The Morgan fingerprint density at radius 1 is 1.13 bits per heavy atom. The van der Waals surface area contributed by atoms with E-state index in [1.165, 1.54) is 12.3 Å². The van der Waals surface area contributed by atoms with E-state index in [0.717, 1.165) is 10.8 Å². The number of nitrogens with zero attached hydrogens (tertiary/aromatic N) is 2. The number of nitro groups is 1. The molecule has 0 saturated carbocycles. The van der Waals surface area contributed by atoms with Crippen molar-refractivity contribution in [1.82, 2.24) is 0 Å². The van der Waals surface area contributed by atoms with Crippen molar-refractivity contribution in [2.45, 2.75) is 6.92 Å². The largest absolute Gasteiger partial charge is 0.507 e. The van der Waals surface area contributed by atoms with Crippen LogP contribution in [0.4, 0.5) is 11.4 Å². The van der Waals surface area contributed by atoms with Gasteiger partial charge < -0.3 is 5.11 Å². The van der Waals surface area contributed by atoms with Gasteiger partial charge in [-0.15, -0.1) is 0 Å². The summed E-state index contributed by atoms with van der Waals surface area (Å²) in [5.74, 6) is 0.120. The fourth-order valence-electron chi connectivity index (χ4n) is 2.43. The second-order valence-electron chi connectivity index (χ2n) is 5.21. The van der Waals surface area contributed by atoms with Crippen LogP contribution in [0.25, 0.3) is 10.8 Å². The van der Waals surface area contributed by atoms with E-state index in [4.69, 9.17) is 0 Å². The van der Waals surface area contributed by atoms with Crippen LogP contribution in [0.15, 0.2) is 59.6 Å². The second-order valence-corrected chi connectivity index (χ2v) is 5.21. The van der Waals surface area contributed by atoms with Crippen LogP contribution in [0.5, 0.6) is 5.75 Å². The van der Waals surface area contributed by atoms with E-state index in [1.54, 1.807) is 25.1 Å². The number of rotatable bonds is 3. The SMILES string of the molecule is Cc1ccc(N=Cc2c(O)ccc3ccccc23)cc1[N+](=O)[O-]. The van der Waals surface area contributed by atoms with E-state index in [-0.39, 0.29) is 11.4 Å². The average Bonchev–Trinajstić information content (AvgIpc) is 2.55.